The highest BCUT2D eigenvalue weighted by Gasteiger charge is 2.23. The van der Waals surface area contributed by atoms with Crippen LogP contribution in [-0.2, 0) is 4.79 Å². The van der Waals surface area contributed by atoms with Gasteiger partial charge in [-0.25, -0.2) is 0 Å². The number of hydrogen-bond acceptors (Lipinski definition) is 4. The Morgan fingerprint density at radius 2 is 2.19 bits per heavy atom. The zero-order valence-electron chi connectivity index (χ0n) is 8.58. The van der Waals surface area contributed by atoms with Crippen molar-refractivity contribution in [2.45, 2.75) is 19.4 Å². The Kier molecular flexibility index (Phi) is 3.57. The first kappa shape index (κ1) is 12.1. The maximum atomic E-state index is 10.8. The van der Waals surface area contributed by atoms with Crippen molar-refractivity contribution in [3.63, 3.8) is 0 Å². The molecule has 0 spiro atoms. The van der Waals surface area contributed by atoms with Crippen molar-refractivity contribution in [1.29, 1.82) is 0 Å². The van der Waals surface area contributed by atoms with E-state index in [0.29, 0.717) is 5.56 Å². The van der Waals surface area contributed by atoms with E-state index in [-0.39, 0.29) is 11.3 Å². The quantitative estimate of drug-likeness (QED) is 0.596. The minimum Gasteiger partial charge on any atom is -0.481 e. The van der Waals surface area contributed by atoms with Crippen LogP contribution >= 0.6 is 0 Å². The lowest BCUT2D eigenvalue weighted by Gasteiger charge is -2.09. The van der Waals surface area contributed by atoms with E-state index in [1.165, 1.54) is 19.1 Å². The molecule has 86 valence electrons. The monoisotopic (exact) mass is 225 g/mol. The van der Waals surface area contributed by atoms with Gasteiger partial charge in [-0.3, -0.25) is 14.9 Å². The number of carbonyl (C=O) groups is 1. The summed E-state index contributed by atoms with van der Waals surface area (Å²) < 4.78 is 0. The molecule has 0 heterocycles. The van der Waals surface area contributed by atoms with Crippen molar-refractivity contribution < 1.29 is 19.9 Å². The molecule has 0 aromatic heterocycles. The minimum atomic E-state index is -1.36. The van der Waals surface area contributed by atoms with Crippen LogP contribution in [0.5, 0.6) is 0 Å². The van der Waals surface area contributed by atoms with Gasteiger partial charge in [0.2, 0.25) is 0 Å². The predicted octanol–water partition coefficient (Wildman–Crippen LogP) is 1.41. The molecule has 0 amide bonds. The lowest BCUT2D eigenvalue weighted by Crippen LogP contribution is -2.08. The minimum absolute atomic E-state index is 0.0346. The van der Waals surface area contributed by atoms with Crippen molar-refractivity contribution in [3.05, 3.63) is 39.4 Å². The number of aliphatic hydroxyl groups excluding tert-OH is 1. The standard InChI is InChI=1S/C10H11NO5/c1-6-3-2-4-7(10(6)11(15)16)8(12)5-9(13)14/h2-4,8,12H,5H2,1H3,(H,13,14)/t8-/m0/s1. The van der Waals surface area contributed by atoms with Crippen LogP contribution in [0.15, 0.2) is 18.2 Å². The van der Waals surface area contributed by atoms with Crippen LogP contribution in [0.25, 0.3) is 0 Å². The summed E-state index contributed by atoms with van der Waals surface area (Å²) in [6.45, 7) is 1.54. The summed E-state index contributed by atoms with van der Waals surface area (Å²) >= 11 is 0. The summed E-state index contributed by atoms with van der Waals surface area (Å²) in [5.74, 6) is -1.21. The highest BCUT2D eigenvalue weighted by atomic mass is 16.6. The van der Waals surface area contributed by atoms with Crippen LogP contribution in [0.2, 0.25) is 0 Å². The third-order valence-electron chi connectivity index (χ3n) is 2.18. The number of carboxylic acid groups (broad SMARTS) is 1. The number of nitro groups is 1. The molecule has 0 aliphatic heterocycles. The average molecular weight is 225 g/mol. The molecule has 6 nitrogen and oxygen atoms in total. The Hall–Kier alpha value is -1.95. The highest BCUT2D eigenvalue weighted by Crippen LogP contribution is 2.29. The number of hydrogen-bond donors (Lipinski definition) is 2. The van der Waals surface area contributed by atoms with Crippen LogP contribution < -0.4 is 0 Å². The first-order valence-electron chi connectivity index (χ1n) is 4.57. The fourth-order valence-corrected chi connectivity index (χ4v) is 1.48. The molecule has 0 unspecified atom stereocenters. The highest BCUT2D eigenvalue weighted by molar-refractivity contribution is 5.68. The third kappa shape index (κ3) is 2.54. The predicted molar refractivity (Wildman–Crippen MR) is 55.0 cm³/mol. The second kappa shape index (κ2) is 4.71. The van der Waals surface area contributed by atoms with Gasteiger partial charge in [0, 0.05) is 5.56 Å². The number of carboxylic acids is 1. The van der Waals surface area contributed by atoms with Crippen LogP contribution in [-0.4, -0.2) is 21.1 Å². The van der Waals surface area contributed by atoms with Crippen molar-refractivity contribution in [1.82, 2.24) is 0 Å². The van der Waals surface area contributed by atoms with E-state index in [9.17, 15) is 20.0 Å². The van der Waals surface area contributed by atoms with Gasteiger partial charge in [0.1, 0.15) is 0 Å². The summed E-state index contributed by atoms with van der Waals surface area (Å²) in [4.78, 5) is 20.6. The van der Waals surface area contributed by atoms with Gasteiger partial charge in [-0.05, 0) is 13.0 Å². The molecule has 1 aromatic carbocycles. The number of rotatable bonds is 4. The van der Waals surface area contributed by atoms with E-state index in [2.05, 4.69) is 0 Å². The molecule has 6 heteroatoms. The molecule has 0 saturated carbocycles. The van der Waals surface area contributed by atoms with Crippen molar-refractivity contribution in [2.75, 3.05) is 0 Å². The molecule has 1 atom stereocenters. The summed E-state index contributed by atoms with van der Waals surface area (Å²) in [5, 5.41) is 28.9. The van der Waals surface area contributed by atoms with E-state index in [1.54, 1.807) is 6.07 Å². The number of aryl methyl sites for hydroxylation is 1. The van der Waals surface area contributed by atoms with Gasteiger partial charge in [-0.1, -0.05) is 12.1 Å². The molecule has 0 bridgehead atoms. The summed E-state index contributed by atoms with van der Waals surface area (Å²) in [5.41, 5.74) is 0.204. The van der Waals surface area contributed by atoms with E-state index in [0.717, 1.165) is 0 Å². The van der Waals surface area contributed by atoms with Gasteiger partial charge in [0.05, 0.1) is 23.0 Å². The van der Waals surface area contributed by atoms with E-state index in [4.69, 9.17) is 5.11 Å². The molecule has 2 N–H and O–H groups in total. The second-order valence-electron chi connectivity index (χ2n) is 3.38. The van der Waals surface area contributed by atoms with E-state index < -0.39 is 23.4 Å². The van der Waals surface area contributed by atoms with Crippen LogP contribution in [0.1, 0.15) is 23.7 Å². The number of benzene rings is 1. The van der Waals surface area contributed by atoms with Gasteiger partial charge in [0.15, 0.2) is 0 Å². The molecular formula is C10H11NO5. The molecule has 0 aliphatic carbocycles. The molecule has 1 rings (SSSR count). The summed E-state index contributed by atoms with van der Waals surface area (Å²) in [7, 11) is 0. The number of nitro benzene ring substituents is 1. The Morgan fingerprint density at radius 3 is 2.69 bits per heavy atom. The van der Waals surface area contributed by atoms with Crippen molar-refractivity contribution in [2.24, 2.45) is 0 Å². The summed E-state index contributed by atoms with van der Waals surface area (Å²) in [6, 6.07) is 4.44. The molecular weight excluding hydrogens is 214 g/mol. The smallest absolute Gasteiger partial charge is 0.306 e. The van der Waals surface area contributed by atoms with Gasteiger partial charge in [0.25, 0.3) is 5.69 Å². The van der Waals surface area contributed by atoms with Crippen molar-refractivity contribution >= 4 is 11.7 Å². The number of para-hydroxylation sites is 1. The zero-order chi connectivity index (χ0) is 12.3. The van der Waals surface area contributed by atoms with Gasteiger partial charge < -0.3 is 10.2 Å². The SMILES string of the molecule is Cc1cccc([C@@H](O)CC(=O)O)c1[N+](=O)[O-]. The van der Waals surface area contributed by atoms with Crippen molar-refractivity contribution in [3.8, 4) is 0 Å². The molecule has 0 radical (unpaired) electrons. The molecule has 0 saturated heterocycles. The molecule has 0 aliphatic rings. The molecule has 1 aromatic rings. The topological polar surface area (TPSA) is 101 Å². The Balaban J connectivity index is 3.17. The molecule has 0 fully saturated rings. The maximum Gasteiger partial charge on any atom is 0.306 e. The van der Waals surface area contributed by atoms with Gasteiger partial charge in [-0.2, -0.15) is 0 Å². The normalized spacial score (nSPS) is 12.1. The van der Waals surface area contributed by atoms with E-state index >= 15 is 0 Å². The largest absolute Gasteiger partial charge is 0.481 e. The molecule has 16 heavy (non-hydrogen) atoms. The average Bonchev–Trinajstić information content (AvgIpc) is 2.15. The second-order valence-corrected chi connectivity index (χ2v) is 3.38. The Morgan fingerprint density at radius 1 is 1.56 bits per heavy atom. The Labute approximate surface area is 91.3 Å². The first-order valence-corrected chi connectivity index (χ1v) is 4.57. The van der Waals surface area contributed by atoms with Gasteiger partial charge in [-0.15, -0.1) is 0 Å². The third-order valence-corrected chi connectivity index (χ3v) is 2.18. The van der Waals surface area contributed by atoms with Crippen LogP contribution in [0.3, 0.4) is 0 Å². The fraction of sp³-hybridized carbons (Fsp3) is 0.300. The van der Waals surface area contributed by atoms with Crippen LogP contribution in [0, 0.1) is 17.0 Å². The lowest BCUT2D eigenvalue weighted by atomic mass is 10.0. The first-order chi connectivity index (χ1) is 7.43. The fourth-order valence-electron chi connectivity index (χ4n) is 1.48. The number of aliphatic carboxylic acids is 1. The van der Waals surface area contributed by atoms with Crippen LogP contribution in [0.4, 0.5) is 5.69 Å². The maximum absolute atomic E-state index is 10.8. The van der Waals surface area contributed by atoms with E-state index in [1.807, 2.05) is 0 Å². The number of aliphatic hydroxyl groups is 1. The zero-order valence-corrected chi connectivity index (χ0v) is 8.58. The lowest BCUT2D eigenvalue weighted by molar-refractivity contribution is -0.386. The van der Waals surface area contributed by atoms with Gasteiger partial charge >= 0.3 is 5.97 Å². The summed E-state index contributed by atoms with van der Waals surface area (Å²) in [6.07, 6.45) is -1.91. The Bertz CT molecular complexity index is 429. The number of nitrogens with zero attached hydrogens (tertiary/aromatic N) is 1.